The molecule has 0 saturated carbocycles. The highest BCUT2D eigenvalue weighted by atomic mass is 28.2. The fourth-order valence-electron chi connectivity index (χ4n) is 1.18. The molecule has 9 heavy (non-hydrogen) atoms. The first kappa shape index (κ1) is 6.81. The summed E-state index contributed by atoms with van der Waals surface area (Å²) in [5.74, 6) is 0. The van der Waals surface area contributed by atoms with Crippen LogP contribution in [-0.2, 0) is 0 Å². The van der Waals surface area contributed by atoms with Crippen LogP contribution in [0.2, 0.25) is 11.1 Å². The first-order valence-electron chi connectivity index (χ1n) is 3.64. The molecule has 0 amide bonds. The lowest BCUT2D eigenvalue weighted by Crippen LogP contribution is -1.99. The van der Waals surface area contributed by atoms with Gasteiger partial charge >= 0.3 is 0 Å². The molecule has 0 aliphatic heterocycles. The maximum atomic E-state index is 2.33. The van der Waals surface area contributed by atoms with Gasteiger partial charge in [0.05, 0.1) is 0 Å². The molecule has 0 radical (unpaired) electrons. The minimum atomic E-state index is 0.149. The van der Waals surface area contributed by atoms with Gasteiger partial charge in [0.1, 0.15) is 0 Å². The second-order valence-electron chi connectivity index (χ2n) is 3.06. The molecule has 1 aliphatic carbocycles. The van der Waals surface area contributed by atoms with Crippen LogP contribution >= 0.6 is 0 Å². The molecular formula is C8H14Si. The predicted octanol–water partition coefficient (Wildman–Crippen LogP) is 1.90. The predicted molar refractivity (Wildman–Crippen MR) is 45.7 cm³/mol. The fraction of sp³-hybridized carbons (Fsp3) is 0.500. The van der Waals surface area contributed by atoms with Crippen molar-refractivity contribution in [3.8, 4) is 0 Å². The van der Waals surface area contributed by atoms with Gasteiger partial charge in [-0.05, 0) is 5.54 Å². The second kappa shape index (κ2) is 3.02. The molecule has 0 heterocycles. The highest BCUT2D eigenvalue weighted by Gasteiger charge is 2.05. The van der Waals surface area contributed by atoms with Crippen LogP contribution in [0.15, 0.2) is 24.3 Å². The van der Waals surface area contributed by atoms with Crippen molar-refractivity contribution in [1.82, 2.24) is 0 Å². The first-order chi connectivity index (χ1) is 4.29. The summed E-state index contributed by atoms with van der Waals surface area (Å²) in [6.07, 6.45) is 8.98. The zero-order valence-corrected chi connectivity index (χ0v) is 7.59. The van der Waals surface area contributed by atoms with E-state index in [-0.39, 0.29) is 9.52 Å². The molecule has 0 N–H and O–H groups in total. The maximum absolute atomic E-state index is 2.33. The lowest BCUT2D eigenvalue weighted by Gasteiger charge is -2.05. The van der Waals surface area contributed by atoms with Crippen molar-refractivity contribution >= 4 is 9.52 Å². The Morgan fingerprint density at radius 2 is 1.78 bits per heavy atom. The molecule has 1 heteroatoms. The lowest BCUT2D eigenvalue weighted by molar-refractivity contribution is 1.04. The summed E-state index contributed by atoms with van der Waals surface area (Å²) < 4.78 is 0. The van der Waals surface area contributed by atoms with Gasteiger partial charge in [-0.25, -0.2) is 0 Å². The normalized spacial score (nSPS) is 19.4. The summed E-state index contributed by atoms with van der Waals surface area (Å²) in [5.41, 5.74) is 1.83. The van der Waals surface area contributed by atoms with Crippen molar-refractivity contribution in [2.75, 3.05) is 0 Å². The third-order valence-electron chi connectivity index (χ3n) is 1.57. The van der Waals surface area contributed by atoms with Gasteiger partial charge in [0, 0.05) is 9.52 Å². The van der Waals surface area contributed by atoms with Crippen LogP contribution in [0.4, 0.5) is 0 Å². The molecular weight excluding hydrogens is 124 g/mol. The third kappa shape index (κ3) is 2.18. The average Bonchev–Trinajstić information content (AvgIpc) is 2.15. The zero-order valence-electron chi connectivity index (χ0n) is 6.17. The van der Waals surface area contributed by atoms with Gasteiger partial charge in [-0.2, -0.15) is 0 Å². The van der Waals surface area contributed by atoms with Gasteiger partial charge in [0.25, 0.3) is 0 Å². The van der Waals surface area contributed by atoms with Crippen molar-refractivity contribution in [3.63, 3.8) is 0 Å². The molecule has 0 aromatic rings. The van der Waals surface area contributed by atoms with Crippen molar-refractivity contribution in [2.24, 2.45) is 0 Å². The maximum Gasteiger partial charge on any atom is 0.0353 e. The smallest absolute Gasteiger partial charge is 0.0353 e. The molecule has 0 bridgehead atoms. The van der Waals surface area contributed by atoms with Crippen LogP contribution in [0.5, 0.6) is 0 Å². The molecule has 0 spiro atoms. The van der Waals surface area contributed by atoms with Gasteiger partial charge in [-0.1, -0.05) is 43.7 Å². The van der Waals surface area contributed by atoms with Crippen molar-refractivity contribution in [2.45, 2.75) is 24.9 Å². The standard InChI is InChI=1S/C8H14Si/c1-7(2)9-8-5-3-4-6-8/h3-8H,9H2,1-2H3. The lowest BCUT2D eigenvalue weighted by atomic mass is 10.5. The average molecular weight is 138 g/mol. The molecule has 0 fully saturated rings. The number of hydrogen-bond donors (Lipinski definition) is 0. The minimum Gasteiger partial charge on any atom is -0.0810 e. The highest BCUT2D eigenvalue weighted by Crippen LogP contribution is 2.18. The Hall–Kier alpha value is -0.303. The van der Waals surface area contributed by atoms with Gasteiger partial charge in [0.15, 0.2) is 0 Å². The quantitative estimate of drug-likeness (QED) is 0.511. The molecule has 0 atom stereocenters. The number of hydrogen-bond acceptors (Lipinski definition) is 0. The summed E-state index contributed by atoms with van der Waals surface area (Å²) in [6.45, 7) is 4.65. The zero-order chi connectivity index (χ0) is 6.69. The molecule has 0 aromatic carbocycles. The Morgan fingerprint density at radius 1 is 1.22 bits per heavy atom. The Morgan fingerprint density at radius 3 is 2.22 bits per heavy atom. The molecule has 1 rings (SSSR count). The van der Waals surface area contributed by atoms with E-state index in [1.54, 1.807) is 0 Å². The van der Waals surface area contributed by atoms with E-state index in [2.05, 4.69) is 38.2 Å². The summed E-state index contributed by atoms with van der Waals surface area (Å²) in [7, 11) is 0.149. The van der Waals surface area contributed by atoms with Crippen molar-refractivity contribution < 1.29 is 0 Å². The monoisotopic (exact) mass is 138 g/mol. The molecule has 0 unspecified atom stereocenters. The molecule has 0 saturated heterocycles. The van der Waals surface area contributed by atoms with E-state index in [1.165, 1.54) is 0 Å². The van der Waals surface area contributed by atoms with Crippen LogP contribution in [0, 0.1) is 0 Å². The minimum absolute atomic E-state index is 0.149. The van der Waals surface area contributed by atoms with E-state index in [9.17, 15) is 0 Å². The second-order valence-corrected chi connectivity index (χ2v) is 6.11. The topological polar surface area (TPSA) is 0 Å². The summed E-state index contributed by atoms with van der Waals surface area (Å²) in [4.78, 5) is 0. The molecule has 0 nitrogen and oxygen atoms in total. The summed E-state index contributed by atoms with van der Waals surface area (Å²) >= 11 is 0. The largest absolute Gasteiger partial charge is 0.0810 e. The SMILES string of the molecule is CC(C)[SiH2]C1C=CC=C1. The van der Waals surface area contributed by atoms with Gasteiger partial charge < -0.3 is 0 Å². The Labute approximate surface area is 59.5 Å². The third-order valence-corrected chi connectivity index (χ3v) is 3.60. The summed E-state index contributed by atoms with van der Waals surface area (Å²) in [6, 6.07) is 0. The van der Waals surface area contributed by atoms with Gasteiger partial charge in [-0.15, -0.1) is 0 Å². The van der Waals surface area contributed by atoms with Crippen LogP contribution in [-0.4, -0.2) is 9.52 Å². The number of rotatable bonds is 2. The highest BCUT2D eigenvalue weighted by molar-refractivity contribution is 6.41. The van der Waals surface area contributed by atoms with Crippen molar-refractivity contribution in [1.29, 1.82) is 0 Å². The Balaban J connectivity index is 2.29. The first-order valence-corrected chi connectivity index (χ1v) is 5.27. The van der Waals surface area contributed by atoms with E-state index < -0.39 is 0 Å². The summed E-state index contributed by atoms with van der Waals surface area (Å²) in [5, 5.41) is 0. The van der Waals surface area contributed by atoms with Crippen LogP contribution in [0.3, 0.4) is 0 Å². The van der Waals surface area contributed by atoms with E-state index in [1.807, 2.05) is 0 Å². The van der Waals surface area contributed by atoms with Crippen molar-refractivity contribution in [3.05, 3.63) is 24.3 Å². The van der Waals surface area contributed by atoms with E-state index in [0.717, 1.165) is 11.1 Å². The fourth-order valence-corrected chi connectivity index (χ4v) is 2.90. The molecule has 1 aliphatic rings. The van der Waals surface area contributed by atoms with E-state index in [4.69, 9.17) is 0 Å². The number of allylic oxidation sites excluding steroid dienone is 4. The molecule has 50 valence electrons. The van der Waals surface area contributed by atoms with Gasteiger partial charge in [-0.3, -0.25) is 0 Å². The van der Waals surface area contributed by atoms with Crippen LogP contribution in [0.1, 0.15) is 13.8 Å². The van der Waals surface area contributed by atoms with Crippen LogP contribution < -0.4 is 0 Å². The Bertz CT molecular complexity index is 122. The van der Waals surface area contributed by atoms with Crippen LogP contribution in [0.25, 0.3) is 0 Å². The molecule has 0 aromatic heterocycles. The Kier molecular flexibility index (Phi) is 2.28. The van der Waals surface area contributed by atoms with E-state index in [0.29, 0.717) is 0 Å². The van der Waals surface area contributed by atoms with Gasteiger partial charge in [0.2, 0.25) is 0 Å². The van der Waals surface area contributed by atoms with E-state index >= 15 is 0 Å².